The van der Waals surface area contributed by atoms with Crippen LogP contribution in [0.5, 0.6) is 5.75 Å². The van der Waals surface area contributed by atoms with Gasteiger partial charge in [-0.25, -0.2) is 8.42 Å². The molecule has 2 aromatic carbocycles. The van der Waals surface area contributed by atoms with Crippen LogP contribution in [-0.2, 0) is 14.8 Å². The fourth-order valence-corrected chi connectivity index (χ4v) is 4.47. The zero-order chi connectivity index (χ0) is 21.2. The zero-order valence-corrected chi connectivity index (χ0v) is 17.8. The molecule has 0 aromatic heterocycles. The predicted octanol–water partition coefficient (Wildman–Crippen LogP) is 3.05. The largest absolute Gasteiger partial charge is 0.497 e. The van der Waals surface area contributed by atoms with Crippen molar-refractivity contribution in [3.05, 3.63) is 53.6 Å². The highest BCUT2D eigenvalue weighted by molar-refractivity contribution is 7.92. The number of hydrogen-bond acceptors (Lipinski definition) is 5. The SMILES string of the molecule is COc1ccc(NS(=O)(=O)c2ccc(C)c(C(=O)N3C[C@@H](C)O[C@@H](C)C3)c2)cc1. The molecule has 1 N–H and O–H groups in total. The van der Waals surface area contributed by atoms with Crippen LogP contribution in [0.15, 0.2) is 47.4 Å². The molecule has 156 valence electrons. The minimum absolute atomic E-state index is 0.0385. The monoisotopic (exact) mass is 418 g/mol. The number of rotatable bonds is 5. The smallest absolute Gasteiger partial charge is 0.261 e. The maximum Gasteiger partial charge on any atom is 0.261 e. The molecular formula is C21H26N2O5S. The van der Waals surface area contributed by atoms with E-state index in [1.807, 2.05) is 13.8 Å². The number of nitrogens with one attached hydrogen (secondary N) is 1. The standard InChI is InChI=1S/C21H26N2O5S/c1-14-5-10-19(29(25,26)22-17-6-8-18(27-4)9-7-17)11-20(14)21(24)23-12-15(2)28-16(3)13-23/h5-11,15-16,22H,12-13H2,1-4H3/t15-,16+. The maximum atomic E-state index is 13.1. The summed E-state index contributed by atoms with van der Waals surface area (Å²) < 4.78 is 39.0. The van der Waals surface area contributed by atoms with Gasteiger partial charge in [-0.2, -0.15) is 0 Å². The zero-order valence-electron chi connectivity index (χ0n) is 17.0. The molecule has 1 aliphatic rings. The van der Waals surface area contributed by atoms with Crippen molar-refractivity contribution >= 4 is 21.6 Å². The van der Waals surface area contributed by atoms with Crippen LogP contribution in [0.1, 0.15) is 29.8 Å². The van der Waals surface area contributed by atoms with Crippen molar-refractivity contribution in [3.63, 3.8) is 0 Å². The molecule has 1 amide bonds. The van der Waals surface area contributed by atoms with E-state index in [1.165, 1.54) is 12.1 Å². The van der Waals surface area contributed by atoms with Crippen LogP contribution in [0.2, 0.25) is 0 Å². The summed E-state index contributed by atoms with van der Waals surface area (Å²) >= 11 is 0. The highest BCUT2D eigenvalue weighted by Gasteiger charge is 2.28. The molecule has 8 heteroatoms. The van der Waals surface area contributed by atoms with Crippen LogP contribution in [0, 0.1) is 6.92 Å². The number of nitrogens with zero attached hydrogens (tertiary/aromatic N) is 1. The van der Waals surface area contributed by atoms with Gasteiger partial charge in [-0.3, -0.25) is 9.52 Å². The highest BCUT2D eigenvalue weighted by atomic mass is 32.2. The van der Waals surface area contributed by atoms with E-state index in [-0.39, 0.29) is 23.0 Å². The molecule has 0 saturated carbocycles. The summed E-state index contributed by atoms with van der Waals surface area (Å²) in [5.41, 5.74) is 1.52. The lowest BCUT2D eigenvalue weighted by Gasteiger charge is -2.35. The Labute approximate surface area is 171 Å². The Balaban J connectivity index is 1.86. The van der Waals surface area contributed by atoms with Gasteiger partial charge in [0.15, 0.2) is 0 Å². The van der Waals surface area contributed by atoms with Crippen LogP contribution in [-0.4, -0.2) is 51.6 Å². The fraction of sp³-hybridized carbons (Fsp3) is 0.381. The van der Waals surface area contributed by atoms with E-state index < -0.39 is 10.0 Å². The first kappa shape index (κ1) is 21.1. The first-order valence-electron chi connectivity index (χ1n) is 9.42. The van der Waals surface area contributed by atoms with Gasteiger partial charge in [0.05, 0.1) is 24.2 Å². The second kappa shape index (κ2) is 8.42. The molecule has 0 radical (unpaired) electrons. The van der Waals surface area contributed by atoms with Gasteiger partial charge in [0.2, 0.25) is 0 Å². The molecule has 0 spiro atoms. The quantitative estimate of drug-likeness (QED) is 0.807. The number of benzene rings is 2. The van der Waals surface area contributed by atoms with Crippen molar-refractivity contribution in [2.75, 3.05) is 24.9 Å². The normalized spacial score (nSPS) is 19.7. The van der Waals surface area contributed by atoms with E-state index in [1.54, 1.807) is 49.3 Å². The van der Waals surface area contributed by atoms with Crippen LogP contribution < -0.4 is 9.46 Å². The van der Waals surface area contributed by atoms with Gasteiger partial charge in [0, 0.05) is 24.3 Å². The Morgan fingerprint density at radius 1 is 1.10 bits per heavy atom. The van der Waals surface area contributed by atoms with Crippen molar-refractivity contribution in [2.24, 2.45) is 0 Å². The topological polar surface area (TPSA) is 84.9 Å². The number of sulfonamides is 1. The summed E-state index contributed by atoms with van der Waals surface area (Å²) in [4.78, 5) is 14.8. The number of aryl methyl sites for hydroxylation is 1. The van der Waals surface area contributed by atoms with E-state index in [9.17, 15) is 13.2 Å². The lowest BCUT2D eigenvalue weighted by molar-refractivity contribution is -0.0586. The van der Waals surface area contributed by atoms with Crippen LogP contribution in [0.25, 0.3) is 0 Å². The van der Waals surface area contributed by atoms with Gasteiger partial charge in [-0.1, -0.05) is 6.07 Å². The molecule has 2 atom stereocenters. The third-order valence-corrected chi connectivity index (χ3v) is 6.18. The number of hydrogen-bond donors (Lipinski definition) is 1. The Morgan fingerprint density at radius 3 is 2.31 bits per heavy atom. The van der Waals surface area contributed by atoms with Gasteiger partial charge in [0.1, 0.15) is 5.75 Å². The molecule has 0 bridgehead atoms. The second-order valence-electron chi connectivity index (χ2n) is 7.28. The first-order chi connectivity index (χ1) is 13.7. The van der Waals surface area contributed by atoms with Crippen molar-refractivity contribution in [2.45, 2.75) is 37.9 Å². The molecule has 1 heterocycles. The molecule has 0 unspecified atom stereocenters. The third kappa shape index (κ3) is 4.89. The minimum atomic E-state index is -3.84. The molecule has 7 nitrogen and oxygen atoms in total. The lowest BCUT2D eigenvalue weighted by atomic mass is 10.1. The Bertz CT molecular complexity index is 979. The van der Waals surface area contributed by atoms with Crippen LogP contribution in [0.4, 0.5) is 5.69 Å². The predicted molar refractivity (Wildman–Crippen MR) is 111 cm³/mol. The molecule has 1 fully saturated rings. The summed E-state index contributed by atoms with van der Waals surface area (Å²) in [5, 5.41) is 0. The van der Waals surface area contributed by atoms with Crippen molar-refractivity contribution < 1.29 is 22.7 Å². The van der Waals surface area contributed by atoms with Crippen molar-refractivity contribution in [3.8, 4) is 5.75 Å². The number of morpholine rings is 1. The Morgan fingerprint density at radius 2 is 1.72 bits per heavy atom. The molecule has 1 aliphatic heterocycles. The number of carbonyl (C=O) groups is 1. The lowest BCUT2D eigenvalue weighted by Crippen LogP contribution is -2.48. The van der Waals surface area contributed by atoms with E-state index in [2.05, 4.69) is 4.72 Å². The van der Waals surface area contributed by atoms with Gasteiger partial charge in [-0.05, 0) is 62.7 Å². The van der Waals surface area contributed by atoms with Gasteiger partial charge in [0.25, 0.3) is 15.9 Å². The van der Waals surface area contributed by atoms with Gasteiger partial charge < -0.3 is 14.4 Å². The van der Waals surface area contributed by atoms with E-state index in [0.29, 0.717) is 30.1 Å². The van der Waals surface area contributed by atoms with E-state index >= 15 is 0 Å². The Kier molecular flexibility index (Phi) is 6.14. The molecule has 1 saturated heterocycles. The van der Waals surface area contributed by atoms with Gasteiger partial charge in [-0.15, -0.1) is 0 Å². The molecule has 0 aliphatic carbocycles. The number of ether oxygens (including phenoxy) is 2. The number of carbonyl (C=O) groups excluding carboxylic acids is 1. The van der Waals surface area contributed by atoms with Crippen LogP contribution in [0.3, 0.4) is 0 Å². The molecule has 3 rings (SSSR count). The summed E-state index contributed by atoms with van der Waals surface area (Å²) in [6, 6.07) is 11.2. The average Bonchev–Trinajstić information content (AvgIpc) is 2.67. The van der Waals surface area contributed by atoms with E-state index in [4.69, 9.17) is 9.47 Å². The molecule has 2 aromatic rings. The van der Waals surface area contributed by atoms with E-state index in [0.717, 1.165) is 5.56 Å². The summed E-state index contributed by atoms with van der Waals surface area (Å²) in [5.74, 6) is 0.441. The maximum absolute atomic E-state index is 13.1. The third-order valence-electron chi connectivity index (χ3n) is 4.80. The highest BCUT2D eigenvalue weighted by Crippen LogP contribution is 2.23. The van der Waals surface area contributed by atoms with Gasteiger partial charge >= 0.3 is 0 Å². The summed E-state index contributed by atoms with van der Waals surface area (Å²) in [7, 11) is -2.30. The Hall–Kier alpha value is -2.58. The number of anilines is 1. The first-order valence-corrected chi connectivity index (χ1v) is 10.9. The van der Waals surface area contributed by atoms with Crippen LogP contribution >= 0.6 is 0 Å². The summed E-state index contributed by atoms with van der Waals surface area (Å²) in [6.45, 7) is 6.59. The number of methoxy groups -OCH3 is 1. The second-order valence-corrected chi connectivity index (χ2v) is 8.96. The minimum Gasteiger partial charge on any atom is -0.497 e. The average molecular weight is 419 g/mol. The number of amides is 1. The van der Waals surface area contributed by atoms with Crippen molar-refractivity contribution in [1.29, 1.82) is 0 Å². The van der Waals surface area contributed by atoms with Crippen molar-refractivity contribution in [1.82, 2.24) is 4.90 Å². The fourth-order valence-electron chi connectivity index (χ4n) is 3.39. The molecular weight excluding hydrogens is 392 g/mol. The summed E-state index contributed by atoms with van der Waals surface area (Å²) in [6.07, 6.45) is -0.127. The molecule has 29 heavy (non-hydrogen) atoms.